The van der Waals surface area contributed by atoms with Crippen molar-refractivity contribution in [2.45, 2.75) is 19.7 Å². The number of hydrogen-bond donors (Lipinski definition) is 2. The first kappa shape index (κ1) is 18.9. The van der Waals surface area contributed by atoms with E-state index in [1.54, 1.807) is 35.7 Å². The van der Waals surface area contributed by atoms with E-state index in [0.717, 1.165) is 16.2 Å². The van der Waals surface area contributed by atoms with Gasteiger partial charge in [0, 0.05) is 13.1 Å². The maximum atomic E-state index is 10.4. The lowest BCUT2D eigenvalue weighted by Gasteiger charge is -2.00. The van der Waals surface area contributed by atoms with Crippen molar-refractivity contribution in [2.75, 3.05) is 0 Å². The molecular formula is C15H16F3N3OS. The molecule has 23 heavy (non-hydrogen) atoms. The fraction of sp³-hybridized carbons (Fsp3) is 0.200. The Morgan fingerprint density at radius 1 is 1.43 bits per heavy atom. The lowest BCUT2D eigenvalue weighted by molar-refractivity contribution is -0.110. The molecule has 8 heteroatoms. The van der Waals surface area contributed by atoms with Crippen molar-refractivity contribution in [3.05, 3.63) is 58.6 Å². The number of pyridine rings is 1. The van der Waals surface area contributed by atoms with Gasteiger partial charge in [0.1, 0.15) is 0 Å². The Morgan fingerprint density at radius 3 is 2.65 bits per heavy atom. The van der Waals surface area contributed by atoms with Gasteiger partial charge in [-0.2, -0.15) is 13.2 Å². The number of aromatic nitrogens is 1. The lowest BCUT2D eigenvalue weighted by atomic mass is 10.2. The number of aliphatic hydroxyl groups is 1. The average molecular weight is 343 g/mol. The van der Waals surface area contributed by atoms with Gasteiger partial charge in [-0.15, -0.1) is 11.3 Å². The van der Waals surface area contributed by atoms with E-state index in [2.05, 4.69) is 9.98 Å². The number of aliphatic imine (C=N–C) groups is 1. The third-order valence-electron chi connectivity index (χ3n) is 2.26. The number of rotatable bonds is 4. The SMILES string of the molecule is CC(F)(F)F.N/C=C\C(=Nc1cc(CO)ccn1)c1cccs1. The highest BCUT2D eigenvalue weighted by Gasteiger charge is 2.15. The van der Waals surface area contributed by atoms with Crippen LogP contribution in [0.25, 0.3) is 0 Å². The molecule has 124 valence electrons. The first-order valence-corrected chi connectivity index (χ1v) is 7.35. The topological polar surface area (TPSA) is 71.5 Å². The highest BCUT2D eigenvalue weighted by atomic mass is 32.1. The molecule has 2 aromatic heterocycles. The number of alkyl halides is 3. The van der Waals surface area contributed by atoms with Crippen LogP contribution in [0.3, 0.4) is 0 Å². The van der Waals surface area contributed by atoms with E-state index in [1.165, 1.54) is 6.20 Å². The van der Waals surface area contributed by atoms with E-state index < -0.39 is 6.18 Å². The maximum Gasteiger partial charge on any atom is 0.386 e. The van der Waals surface area contributed by atoms with E-state index in [9.17, 15) is 13.2 Å². The minimum Gasteiger partial charge on any atom is -0.405 e. The first-order valence-electron chi connectivity index (χ1n) is 6.47. The third-order valence-corrected chi connectivity index (χ3v) is 3.15. The molecule has 0 radical (unpaired) electrons. The van der Waals surface area contributed by atoms with Crippen molar-refractivity contribution < 1.29 is 18.3 Å². The molecule has 4 nitrogen and oxygen atoms in total. The monoisotopic (exact) mass is 343 g/mol. The molecule has 0 aromatic carbocycles. The van der Waals surface area contributed by atoms with Gasteiger partial charge in [0.05, 0.1) is 17.2 Å². The molecular weight excluding hydrogens is 327 g/mol. The fourth-order valence-corrected chi connectivity index (χ4v) is 2.13. The Labute approximate surface area is 135 Å². The molecule has 0 amide bonds. The smallest absolute Gasteiger partial charge is 0.386 e. The van der Waals surface area contributed by atoms with Crippen LogP contribution in [0.2, 0.25) is 0 Å². The summed E-state index contributed by atoms with van der Waals surface area (Å²) in [5.74, 6) is 0.558. The molecule has 0 aliphatic heterocycles. The summed E-state index contributed by atoms with van der Waals surface area (Å²) in [6.45, 7) is 0.166. The zero-order valence-corrected chi connectivity index (χ0v) is 13.1. The predicted molar refractivity (Wildman–Crippen MR) is 85.7 cm³/mol. The van der Waals surface area contributed by atoms with E-state index in [-0.39, 0.29) is 13.5 Å². The number of nitrogens with two attached hydrogens (primary N) is 1. The summed E-state index contributed by atoms with van der Waals surface area (Å²) in [6.07, 6.45) is 0.816. The molecule has 2 aromatic rings. The number of halogens is 3. The lowest BCUT2D eigenvalue weighted by Crippen LogP contribution is -1.95. The Hall–Kier alpha value is -2.19. The number of nitrogens with zero attached hydrogens (tertiary/aromatic N) is 2. The molecule has 0 bridgehead atoms. The second-order valence-electron chi connectivity index (χ2n) is 4.30. The average Bonchev–Trinajstić information content (AvgIpc) is 2.99. The Bertz CT molecular complexity index is 646. The van der Waals surface area contributed by atoms with Crippen molar-refractivity contribution in [1.82, 2.24) is 4.98 Å². The second-order valence-corrected chi connectivity index (χ2v) is 5.24. The molecule has 2 rings (SSSR count). The summed E-state index contributed by atoms with van der Waals surface area (Å²) in [6, 6.07) is 7.43. The maximum absolute atomic E-state index is 10.4. The normalized spacial score (nSPS) is 12.1. The quantitative estimate of drug-likeness (QED) is 0.830. The molecule has 3 N–H and O–H groups in total. The molecule has 0 atom stereocenters. The van der Waals surface area contributed by atoms with Gasteiger partial charge >= 0.3 is 6.18 Å². The van der Waals surface area contributed by atoms with Crippen molar-refractivity contribution >= 4 is 22.9 Å². The number of thiophene rings is 1. The highest BCUT2D eigenvalue weighted by Crippen LogP contribution is 2.16. The zero-order chi connectivity index (χ0) is 17.3. The van der Waals surface area contributed by atoms with Crippen molar-refractivity contribution in [2.24, 2.45) is 10.7 Å². The van der Waals surface area contributed by atoms with Crippen LogP contribution in [0, 0.1) is 0 Å². The molecule has 0 spiro atoms. The van der Waals surface area contributed by atoms with E-state index in [4.69, 9.17) is 10.8 Å². The van der Waals surface area contributed by atoms with Gasteiger partial charge in [0.15, 0.2) is 5.82 Å². The van der Waals surface area contributed by atoms with Gasteiger partial charge in [-0.3, -0.25) is 0 Å². The van der Waals surface area contributed by atoms with E-state index in [1.807, 2.05) is 17.5 Å². The van der Waals surface area contributed by atoms with Crippen LogP contribution >= 0.6 is 11.3 Å². The van der Waals surface area contributed by atoms with Crippen molar-refractivity contribution in [1.29, 1.82) is 0 Å². The molecule has 0 fully saturated rings. The van der Waals surface area contributed by atoms with Crippen LogP contribution in [-0.4, -0.2) is 22.0 Å². The molecule has 0 aliphatic rings. The van der Waals surface area contributed by atoms with Gasteiger partial charge < -0.3 is 10.8 Å². The molecule has 0 saturated heterocycles. The summed E-state index contributed by atoms with van der Waals surface area (Å²) in [7, 11) is 0. The Morgan fingerprint density at radius 2 is 2.13 bits per heavy atom. The summed E-state index contributed by atoms with van der Waals surface area (Å²) in [5.41, 5.74) is 6.97. The van der Waals surface area contributed by atoms with Crippen molar-refractivity contribution in [3.8, 4) is 0 Å². The minimum atomic E-state index is -4.00. The summed E-state index contributed by atoms with van der Waals surface area (Å²) in [5, 5.41) is 11.1. The van der Waals surface area contributed by atoms with Crippen LogP contribution in [0.5, 0.6) is 0 Å². The molecule has 0 saturated carbocycles. The van der Waals surface area contributed by atoms with E-state index in [0.29, 0.717) is 5.82 Å². The van der Waals surface area contributed by atoms with Crippen LogP contribution in [-0.2, 0) is 6.61 Å². The number of hydrogen-bond acceptors (Lipinski definition) is 5. The number of allylic oxidation sites excluding steroid dienone is 1. The highest BCUT2D eigenvalue weighted by molar-refractivity contribution is 7.12. The van der Waals surface area contributed by atoms with Gasteiger partial charge in [-0.05, 0) is 41.4 Å². The van der Waals surface area contributed by atoms with Gasteiger partial charge in [-0.25, -0.2) is 9.98 Å². The van der Waals surface area contributed by atoms with Crippen molar-refractivity contribution in [3.63, 3.8) is 0 Å². The minimum absolute atomic E-state index is 0.0217. The third kappa shape index (κ3) is 8.12. The standard InChI is InChI=1S/C13H13N3OS.C2H3F3/c14-5-3-11(12-2-1-7-18-12)16-13-8-10(9-17)4-6-15-13;1-2(3,4)5/h1-8,17H,9,14H2;1H3/b5-3-,16-11?;. The van der Waals surface area contributed by atoms with Crippen LogP contribution < -0.4 is 5.73 Å². The van der Waals surface area contributed by atoms with Crippen LogP contribution in [0.4, 0.5) is 19.0 Å². The fourth-order valence-electron chi connectivity index (χ4n) is 1.43. The summed E-state index contributed by atoms with van der Waals surface area (Å²) < 4.78 is 31.1. The second kappa shape index (κ2) is 9.06. The first-order chi connectivity index (χ1) is 10.8. The van der Waals surface area contributed by atoms with Gasteiger partial charge in [0.25, 0.3) is 0 Å². The molecule has 0 unspecified atom stereocenters. The summed E-state index contributed by atoms with van der Waals surface area (Å²) >= 11 is 1.59. The van der Waals surface area contributed by atoms with Gasteiger partial charge in [0.2, 0.25) is 0 Å². The van der Waals surface area contributed by atoms with Crippen LogP contribution in [0.15, 0.2) is 53.1 Å². The Balaban J connectivity index is 0.000000463. The summed E-state index contributed by atoms with van der Waals surface area (Å²) in [4.78, 5) is 9.61. The zero-order valence-electron chi connectivity index (χ0n) is 12.3. The molecule has 2 heterocycles. The van der Waals surface area contributed by atoms with Crippen LogP contribution in [0.1, 0.15) is 17.4 Å². The molecule has 0 aliphatic carbocycles. The number of aliphatic hydroxyl groups excluding tert-OH is 1. The largest absolute Gasteiger partial charge is 0.405 e. The van der Waals surface area contributed by atoms with E-state index >= 15 is 0 Å². The van der Waals surface area contributed by atoms with Gasteiger partial charge in [-0.1, -0.05) is 6.07 Å². The predicted octanol–water partition coefficient (Wildman–Crippen LogP) is 3.80. The Kier molecular flexibility index (Phi) is 7.43.